The lowest BCUT2D eigenvalue weighted by Gasteiger charge is -1.81. The average molecular weight is 221 g/mol. The first-order chi connectivity index (χ1) is 7.31. The summed E-state index contributed by atoms with van der Waals surface area (Å²) in [4.78, 5) is 12.8. The van der Waals surface area contributed by atoms with Crippen molar-refractivity contribution < 1.29 is 9.90 Å². The van der Waals surface area contributed by atoms with Gasteiger partial charge < -0.3 is 5.11 Å². The van der Waals surface area contributed by atoms with Gasteiger partial charge in [-0.15, -0.1) is 17.9 Å². The molecular formula is C11H11NO2S. The fourth-order valence-corrected chi connectivity index (χ4v) is 2.09. The van der Waals surface area contributed by atoms with Crippen LogP contribution in [0.1, 0.15) is 5.01 Å². The number of benzene rings is 1. The molecule has 0 saturated carbocycles. The maximum Gasteiger partial charge on any atom is 0.290 e. The fraction of sp³-hybridized carbons (Fsp3) is 0.0909. The summed E-state index contributed by atoms with van der Waals surface area (Å²) >= 11 is 1.74. The molecule has 0 atom stereocenters. The predicted molar refractivity (Wildman–Crippen MR) is 62.2 cm³/mol. The molecule has 0 fully saturated rings. The van der Waals surface area contributed by atoms with Crippen LogP contribution in [-0.4, -0.2) is 16.6 Å². The van der Waals surface area contributed by atoms with Crippen molar-refractivity contribution in [2.24, 2.45) is 0 Å². The van der Waals surface area contributed by atoms with Gasteiger partial charge in [0.05, 0.1) is 15.2 Å². The Labute approximate surface area is 91.7 Å². The lowest BCUT2D eigenvalue weighted by Crippen LogP contribution is -1.74. The number of para-hydroxylation sites is 1. The predicted octanol–water partition coefficient (Wildman–Crippen LogP) is 2.73. The van der Waals surface area contributed by atoms with Crippen molar-refractivity contribution in [1.29, 1.82) is 0 Å². The maximum absolute atomic E-state index is 8.36. The number of hydrogen-bond donors (Lipinski definition) is 1. The molecule has 0 bridgehead atoms. The van der Waals surface area contributed by atoms with Crippen LogP contribution in [0.2, 0.25) is 0 Å². The lowest BCUT2D eigenvalue weighted by molar-refractivity contribution is -0.122. The summed E-state index contributed by atoms with van der Waals surface area (Å²) in [5.41, 5.74) is 1.10. The molecule has 0 spiro atoms. The van der Waals surface area contributed by atoms with E-state index in [-0.39, 0.29) is 6.47 Å². The van der Waals surface area contributed by atoms with E-state index in [0.29, 0.717) is 0 Å². The first-order valence-electron chi connectivity index (χ1n) is 4.35. The van der Waals surface area contributed by atoms with Gasteiger partial charge in [-0.1, -0.05) is 18.2 Å². The zero-order valence-corrected chi connectivity index (χ0v) is 8.91. The molecule has 0 amide bonds. The number of carboxylic acid groups (broad SMARTS) is 1. The Balaban J connectivity index is 0.000000337. The normalized spacial score (nSPS) is 9.07. The molecule has 1 aromatic carbocycles. The number of fused-ring (bicyclic) bond motifs is 1. The molecule has 0 saturated heterocycles. The van der Waals surface area contributed by atoms with Gasteiger partial charge in [0.1, 0.15) is 0 Å². The van der Waals surface area contributed by atoms with Gasteiger partial charge in [-0.2, -0.15) is 0 Å². The number of allylic oxidation sites excluding steroid dienone is 1. The number of hydrogen-bond acceptors (Lipinski definition) is 3. The Morgan fingerprint density at radius 2 is 2.13 bits per heavy atom. The van der Waals surface area contributed by atoms with E-state index in [0.717, 1.165) is 16.9 Å². The monoisotopic (exact) mass is 221 g/mol. The van der Waals surface area contributed by atoms with Crippen LogP contribution >= 0.6 is 11.3 Å². The van der Waals surface area contributed by atoms with E-state index < -0.39 is 0 Å². The van der Waals surface area contributed by atoms with Crippen LogP contribution in [0.4, 0.5) is 0 Å². The van der Waals surface area contributed by atoms with Crippen molar-refractivity contribution in [2.45, 2.75) is 6.42 Å². The van der Waals surface area contributed by atoms with Crippen molar-refractivity contribution in [1.82, 2.24) is 4.98 Å². The highest BCUT2D eigenvalue weighted by atomic mass is 32.1. The van der Waals surface area contributed by atoms with Crippen molar-refractivity contribution in [3.63, 3.8) is 0 Å². The number of rotatable bonds is 2. The summed E-state index contributed by atoms with van der Waals surface area (Å²) in [6.45, 7) is 3.44. The summed E-state index contributed by atoms with van der Waals surface area (Å²) in [5.74, 6) is 0. The maximum atomic E-state index is 8.36. The van der Waals surface area contributed by atoms with E-state index in [4.69, 9.17) is 9.90 Å². The topological polar surface area (TPSA) is 50.2 Å². The van der Waals surface area contributed by atoms with Gasteiger partial charge in [0, 0.05) is 6.42 Å². The second-order valence-electron chi connectivity index (χ2n) is 2.67. The molecule has 2 rings (SSSR count). The third-order valence-electron chi connectivity index (χ3n) is 1.66. The van der Waals surface area contributed by atoms with Crippen LogP contribution in [0.15, 0.2) is 36.9 Å². The highest BCUT2D eigenvalue weighted by molar-refractivity contribution is 7.18. The molecule has 4 heteroatoms. The Bertz CT molecular complexity index is 418. The fourth-order valence-electron chi connectivity index (χ4n) is 1.13. The average Bonchev–Trinajstić information content (AvgIpc) is 2.61. The third-order valence-corrected chi connectivity index (χ3v) is 2.72. The first kappa shape index (κ1) is 11.4. The van der Waals surface area contributed by atoms with Gasteiger partial charge in [-0.05, 0) is 12.1 Å². The van der Waals surface area contributed by atoms with Crippen molar-refractivity contribution in [3.05, 3.63) is 41.9 Å². The minimum atomic E-state index is -0.250. The highest BCUT2D eigenvalue weighted by Gasteiger charge is 1.99. The Hall–Kier alpha value is -1.68. The molecule has 1 N–H and O–H groups in total. The van der Waals surface area contributed by atoms with E-state index >= 15 is 0 Å². The SMILES string of the molecule is C=CCc1nc2ccccc2s1.O=CO. The minimum Gasteiger partial charge on any atom is -0.483 e. The molecule has 0 aliphatic rings. The van der Waals surface area contributed by atoms with Crippen molar-refractivity contribution >= 4 is 28.0 Å². The van der Waals surface area contributed by atoms with Crippen molar-refractivity contribution in [3.8, 4) is 0 Å². The molecule has 2 aromatic rings. The third kappa shape index (κ3) is 3.18. The van der Waals surface area contributed by atoms with Crippen LogP contribution in [-0.2, 0) is 11.2 Å². The Morgan fingerprint density at radius 3 is 2.73 bits per heavy atom. The Morgan fingerprint density at radius 1 is 1.47 bits per heavy atom. The number of thiazole rings is 1. The summed E-state index contributed by atoms with van der Waals surface area (Å²) in [6, 6.07) is 8.19. The first-order valence-corrected chi connectivity index (χ1v) is 5.16. The van der Waals surface area contributed by atoms with Gasteiger partial charge in [0.15, 0.2) is 0 Å². The second-order valence-corrected chi connectivity index (χ2v) is 3.79. The van der Waals surface area contributed by atoms with Crippen LogP contribution in [0.5, 0.6) is 0 Å². The van der Waals surface area contributed by atoms with Crippen LogP contribution < -0.4 is 0 Å². The summed E-state index contributed by atoms with van der Waals surface area (Å²) in [5, 5.41) is 8.03. The summed E-state index contributed by atoms with van der Waals surface area (Å²) in [7, 11) is 0. The summed E-state index contributed by atoms with van der Waals surface area (Å²) in [6.07, 6.45) is 2.76. The minimum absolute atomic E-state index is 0.250. The molecule has 3 nitrogen and oxygen atoms in total. The standard InChI is InChI=1S/C10H9NS.CH2O2/c1-2-5-10-11-8-6-3-4-7-9(8)12-10;2-1-3/h2-4,6-7H,1,5H2;1H,(H,2,3). The largest absolute Gasteiger partial charge is 0.483 e. The zero-order valence-electron chi connectivity index (χ0n) is 8.09. The van der Waals surface area contributed by atoms with Crippen LogP contribution in [0.25, 0.3) is 10.2 Å². The molecular weight excluding hydrogens is 210 g/mol. The van der Waals surface area contributed by atoms with Gasteiger partial charge in [0.2, 0.25) is 0 Å². The van der Waals surface area contributed by atoms with E-state index in [2.05, 4.69) is 17.6 Å². The van der Waals surface area contributed by atoms with E-state index in [1.807, 2.05) is 24.3 Å². The number of nitrogens with zero attached hydrogens (tertiary/aromatic N) is 1. The Kier molecular flexibility index (Phi) is 4.50. The smallest absolute Gasteiger partial charge is 0.290 e. The molecule has 0 aliphatic carbocycles. The zero-order chi connectivity index (χ0) is 11.1. The van der Waals surface area contributed by atoms with Gasteiger partial charge in [-0.3, -0.25) is 4.79 Å². The van der Waals surface area contributed by atoms with E-state index in [1.54, 1.807) is 11.3 Å². The van der Waals surface area contributed by atoms with Gasteiger partial charge >= 0.3 is 0 Å². The number of carbonyl (C=O) groups is 1. The molecule has 1 heterocycles. The highest BCUT2D eigenvalue weighted by Crippen LogP contribution is 2.21. The quantitative estimate of drug-likeness (QED) is 0.626. The summed E-state index contributed by atoms with van der Waals surface area (Å²) < 4.78 is 1.26. The van der Waals surface area contributed by atoms with E-state index in [9.17, 15) is 0 Å². The van der Waals surface area contributed by atoms with Crippen LogP contribution in [0, 0.1) is 0 Å². The second kappa shape index (κ2) is 5.93. The number of aromatic nitrogens is 1. The van der Waals surface area contributed by atoms with Crippen LogP contribution in [0.3, 0.4) is 0 Å². The molecule has 78 valence electrons. The molecule has 1 aromatic heterocycles. The van der Waals surface area contributed by atoms with Crippen molar-refractivity contribution in [2.75, 3.05) is 0 Å². The van der Waals surface area contributed by atoms with E-state index in [1.165, 1.54) is 4.70 Å². The van der Waals surface area contributed by atoms with Gasteiger partial charge in [-0.25, -0.2) is 4.98 Å². The molecule has 0 unspecified atom stereocenters. The molecule has 0 aliphatic heterocycles. The van der Waals surface area contributed by atoms with Gasteiger partial charge in [0.25, 0.3) is 6.47 Å². The molecule has 0 radical (unpaired) electrons. The lowest BCUT2D eigenvalue weighted by atomic mass is 10.3. The molecule has 15 heavy (non-hydrogen) atoms.